The molecular formula is C12H16N2O3S. The van der Waals surface area contributed by atoms with E-state index in [2.05, 4.69) is 21.5 Å². The Kier molecular flexibility index (Phi) is 3.65. The third-order valence-corrected chi connectivity index (χ3v) is 4.23. The van der Waals surface area contributed by atoms with Gasteiger partial charge >= 0.3 is 5.97 Å². The number of methoxy groups -OCH3 is 1. The van der Waals surface area contributed by atoms with Crippen LogP contribution in [0, 0.1) is 5.92 Å². The Hall–Kier alpha value is -1.43. The Morgan fingerprint density at radius 1 is 1.50 bits per heavy atom. The molecule has 1 aliphatic rings. The van der Waals surface area contributed by atoms with Gasteiger partial charge in [0.05, 0.1) is 7.11 Å². The van der Waals surface area contributed by atoms with Crippen molar-refractivity contribution < 1.29 is 14.3 Å². The van der Waals surface area contributed by atoms with Crippen molar-refractivity contribution in [2.75, 3.05) is 25.1 Å². The lowest BCUT2D eigenvalue weighted by atomic mass is 10.2. The van der Waals surface area contributed by atoms with Crippen molar-refractivity contribution in [3.8, 4) is 0 Å². The minimum atomic E-state index is -0.546. The number of aromatic nitrogens is 1. The van der Waals surface area contributed by atoms with E-state index in [4.69, 9.17) is 0 Å². The van der Waals surface area contributed by atoms with E-state index in [1.165, 1.54) is 25.4 Å². The van der Waals surface area contributed by atoms with Gasteiger partial charge in [-0.15, -0.1) is 0 Å². The van der Waals surface area contributed by atoms with Crippen molar-refractivity contribution in [3.63, 3.8) is 0 Å². The molecule has 0 N–H and O–H groups in total. The van der Waals surface area contributed by atoms with E-state index >= 15 is 0 Å². The molecule has 0 aromatic carbocycles. The smallest absolute Gasteiger partial charge is 0.358 e. The molecule has 0 spiro atoms. The van der Waals surface area contributed by atoms with Gasteiger partial charge in [-0.05, 0) is 12.3 Å². The van der Waals surface area contributed by atoms with Gasteiger partial charge in [-0.25, -0.2) is 9.78 Å². The summed E-state index contributed by atoms with van der Waals surface area (Å²) in [4.78, 5) is 29.9. The number of anilines is 1. The van der Waals surface area contributed by atoms with Crippen molar-refractivity contribution >= 4 is 28.2 Å². The molecule has 1 saturated heterocycles. The highest BCUT2D eigenvalue weighted by atomic mass is 32.1. The summed E-state index contributed by atoms with van der Waals surface area (Å²) >= 11 is 1.28. The number of rotatable bonds is 3. The van der Waals surface area contributed by atoms with Crippen molar-refractivity contribution in [2.45, 2.75) is 20.3 Å². The van der Waals surface area contributed by atoms with Gasteiger partial charge in [0.1, 0.15) is 4.88 Å². The molecule has 5 nitrogen and oxygen atoms in total. The first-order valence-corrected chi connectivity index (χ1v) is 6.69. The van der Waals surface area contributed by atoms with Crippen LogP contribution in [0.3, 0.4) is 0 Å². The minimum Gasteiger partial charge on any atom is -0.464 e. The topological polar surface area (TPSA) is 59.5 Å². The maximum atomic E-state index is 11.6. The van der Waals surface area contributed by atoms with Gasteiger partial charge in [-0.1, -0.05) is 18.3 Å². The summed E-state index contributed by atoms with van der Waals surface area (Å²) in [6, 6.07) is 0. The zero-order chi connectivity index (χ0) is 13.3. The molecular weight excluding hydrogens is 252 g/mol. The molecule has 2 heterocycles. The number of nitrogens with zero attached hydrogens (tertiary/aromatic N) is 2. The lowest BCUT2D eigenvalue weighted by Crippen LogP contribution is -2.19. The second kappa shape index (κ2) is 5.06. The van der Waals surface area contributed by atoms with Crippen molar-refractivity contribution in [1.29, 1.82) is 0 Å². The zero-order valence-electron chi connectivity index (χ0n) is 10.7. The Labute approximate surface area is 110 Å². The third kappa shape index (κ3) is 2.38. The maximum Gasteiger partial charge on any atom is 0.358 e. The van der Waals surface area contributed by atoms with Crippen molar-refractivity contribution in [1.82, 2.24) is 4.98 Å². The standard InChI is InChI=1S/C12H16N2O3S/c1-7-4-5-14(6-7)12-13-9(11(16)17-3)10(18-12)8(2)15/h7H,4-6H2,1-3H3. The molecule has 1 fully saturated rings. The molecule has 0 saturated carbocycles. The van der Waals surface area contributed by atoms with Gasteiger partial charge in [0, 0.05) is 20.0 Å². The van der Waals surface area contributed by atoms with Gasteiger partial charge in [0.25, 0.3) is 0 Å². The fourth-order valence-corrected chi connectivity index (χ4v) is 3.01. The van der Waals surface area contributed by atoms with E-state index < -0.39 is 5.97 Å². The van der Waals surface area contributed by atoms with Crippen LogP contribution >= 0.6 is 11.3 Å². The van der Waals surface area contributed by atoms with Crippen LogP contribution in [0.1, 0.15) is 40.4 Å². The molecule has 1 aromatic rings. The molecule has 98 valence electrons. The van der Waals surface area contributed by atoms with Crippen LogP contribution in [0.5, 0.6) is 0 Å². The molecule has 6 heteroatoms. The first-order valence-electron chi connectivity index (χ1n) is 5.88. The van der Waals surface area contributed by atoms with E-state index in [0.29, 0.717) is 10.8 Å². The van der Waals surface area contributed by atoms with Crippen molar-refractivity contribution in [3.05, 3.63) is 10.6 Å². The normalized spacial score (nSPS) is 19.1. The number of ether oxygens (including phenoxy) is 1. The van der Waals surface area contributed by atoms with Gasteiger partial charge < -0.3 is 9.64 Å². The molecule has 2 rings (SSSR count). The largest absolute Gasteiger partial charge is 0.464 e. The molecule has 1 aromatic heterocycles. The first-order chi connectivity index (χ1) is 8.52. The number of thiazole rings is 1. The number of hydrogen-bond donors (Lipinski definition) is 0. The van der Waals surface area contributed by atoms with E-state index in [0.717, 1.165) is 24.6 Å². The van der Waals surface area contributed by atoms with Gasteiger partial charge in [-0.2, -0.15) is 0 Å². The van der Waals surface area contributed by atoms with Crippen LogP contribution in [-0.4, -0.2) is 36.9 Å². The summed E-state index contributed by atoms with van der Waals surface area (Å²) in [5.74, 6) is -0.0717. The van der Waals surface area contributed by atoms with E-state index in [-0.39, 0.29) is 11.5 Å². The third-order valence-electron chi connectivity index (χ3n) is 3.01. The van der Waals surface area contributed by atoms with Gasteiger partial charge in [0.15, 0.2) is 16.6 Å². The summed E-state index contributed by atoms with van der Waals surface area (Å²) in [6.07, 6.45) is 1.11. The Bertz CT molecular complexity index is 484. The highest BCUT2D eigenvalue weighted by Gasteiger charge is 2.27. The summed E-state index contributed by atoms with van der Waals surface area (Å²) in [5, 5.41) is 0.741. The summed E-state index contributed by atoms with van der Waals surface area (Å²) in [6.45, 7) is 5.47. The molecule has 1 unspecified atom stereocenters. The second-order valence-electron chi connectivity index (χ2n) is 4.56. The lowest BCUT2D eigenvalue weighted by molar-refractivity contribution is 0.0591. The van der Waals surface area contributed by atoms with Gasteiger partial charge in [-0.3, -0.25) is 4.79 Å². The fourth-order valence-electron chi connectivity index (χ4n) is 2.03. The Morgan fingerprint density at radius 2 is 2.22 bits per heavy atom. The van der Waals surface area contributed by atoms with E-state index in [9.17, 15) is 9.59 Å². The molecule has 0 amide bonds. The minimum absolute atomic E-state index is 0.143. The average Bonchev–Trinajstić information content (AvgIpc) is 2.93. The Balaban J connectivity index is 2.33. The van der Waals surface area contributed by atoms with Crippen LogP contribution in [0.2, 0.25) is 0 Å². The molecule has 18 heavy (non-hydrogen) atoms. The molecule has 0 radical (unpaired) electrons. The number of ketones is 1. The van der Waals surface area contributed by atoms with E-state index in [1.807, 2.05) is 0 Å². The number of hydrogen-bond acceptors (Lipinski definition) is 6. The number of carbonyl (C=O) groups excluding carboxylic acids is 2. The highest BCUT2D eigenvalue weighted by Crippen LogP contribution is 2.31. The predicted octanol–water partition coefficient (Wildman–Crippen LogP) is 1.98. The van der Waals surface area contributed by atoms with Crippen molar-refractivity contribution in [2.24, 2.45) is 5.92 Å². The number of esters is 1. The average molecular weight is 268 g/mol. The molecule has 1 atom stereocenters. The number of carbonyl (C=O) groups is 2. The van der Waals surface area contributed by atoms with Crippen LogP contribution in [0.4, 0.5) is 5.13 Å². The first kappa shape index (κ1) is 13.0. The number of Topliss-reactive ketones (excluding diaryl/α,β-unsaturated/α-hetero) is 1. The molecule has 0 aliphatic carbocycles. The van der Waals surface area contributed by atoms with E-state index in [1.54, 1.807) is 0 Å². The summed E-state index contributed by atoms with van der Waals surface area (Å²) < 4.78 is 4.66. The monoisotopic (exact) mass is 268 g/mol. The Morgan fingerprint density at radius 3 is 2.72 bits per heavy atom. The van der Waals surface area contributed by atoms with Crippen LogP contribution in [-0.2, 0) is 4.74 Å². The lowest BCUT2D eigenvalue weighted by Gasteiger charge is -2.13. The molecule has 0 bridgehead atoms. The summed E-state index contributed by atoms with van der Waals surface area (Å²) in [7, 11) is 1.29. The quantitative estimate of drug-likeness (QED) is 0.619. The van der Waals surface area contributed by atoms with Crippen LogP contribution < -0.4 is 4.90 Å². The van der Waals surface area contributed by atoms with Gasteiger partial charge in [0.2, 0.25) is 0 Å². The fraction of sp³-hybridized carbons (Fsp3) is 0.583. The highest BCUT2D eigenvalue weighted by molar-refractivity contribution is 7.17. The van der Waals surface area contributed by atoms with Crippen LogP contribution in [0.15, 0.2) is 0 Å². The predicted molar refractivity (Wildman–Crippen MR) is 69.5 cm³/mol. The molecule has 1 aliphatic heterocycles. The zero-order valence-corrected chi connectivity index (χ0v) is 11.5. The summed E-state index contributed by atoms with van der Waals surface area (Å²) in [5.41, 5.74) is 0.143. The van der Waals surface area contributed by atoms with Crippen LogP contribution in [0.25, 0.3) is 0 Å². The SMILES string of the molecule is COC(=O)c1nc(N2CCC(C)C2)sc1C(C)=O. The maximum absolute atomic E-state index is 11.6. The second-order valence-corrected chi connectivity index (χ2v) is 5.54.